The van der Waals surface area contributed by atoms with Crippen LogP contribution in [0, 0.1) is 0 Å². The van der Waals surface area contributed by atoms with E-state index in [-0.39, 0.29) is 22.8 Å². The molecule has 0 bridgehead atoms. The molecule has 0 saturated carbocycles. The first-order chi connectivity index (χ1) is 11.6. The molecule has 0 fully saturated rings. The molecule has 24 heavy (non-hydrogen) atoms. The van der Waals surface area contributed by atoms with Crippen molar-refractivity contribution in [3.63, 3.8) is 0 Å². The monoisotopic (exact) mass is 342 g/mol. The number of hydrogen-bond donors (Lipinski definition) is 2. The number of carbonyl (C=O) groups is 2. The fourth-order valence-electron chi connectivity index (χ4n) is 2.06. The normalized spacial score (nSPS) is 11.6. The molecule has 0 aliphatic rings. The molecule has 2 aromatic carbocycles. The zero-order chi connectivity index (χ0) is 17.4. The van der Waals surface area contributed by atoms with E-state index in [2.05, 4.69) is 17.6 Å². The molecular weight excluding hydrogens is 320 g/mol. The molecule has 2 amide bonds. The average Bonchev–Trinajstić information content (AvgIpc) is 2.61. The van der Waals surface area contributed by atoms with Crippen molar-refractivity contribution in [2.45, 2.75) is 25.5 Å². The van der Waals surface area contributed by atoms with Gasteiger partial charge in [0.05, 0.1) is 11.0 Å². The van der Waals surface area contributed by atoms with Gasteiger partial charge in [0.15, 0.2) is 0 Å². The Morgan fingerprint density at radius 2 is 1.58 bits per heavy atom. The standard InChI is InChI=1S/C19H22N2O2S/c1-3-15-9-11-17(12-10-15)20-18(22)13-24-14(2)19(23)21-16-7-5-4-6-8-16/h4-12,14H,3,13H2,1-2H3,(H,20,22)(H,21,23)/t14-/m1/s1. The van der Waals surface area contributed by atoms with Crippen LogP contribution in [0.5, 0.6) is 0 Å². The molecule has 0 saturated heterocycles. The summed E-state index contributed by atoms with van der Waals surface area (Å²) in [7, 11) is 0. The number of nitrogens with one attached hydrogen (secondary N) is 2. The Hall–Kier alpha value is -2.27. The predicted octanol–water partition coefficient (Wildman–Crippen LogP) is 3.95. The fraction of sp³-hybridized carbons (Fsp3) is 0.263. The number of rotatable bonds is 7. The second-order valence-electron chi connectivity index (χ2n) is 5.41. The van der Waals surface area contributed by atoms with Crippen molar-refractivity contribution in [3.05, 3.63) is 60.2 Å². The summed E-state index contributed by atoms with van der Waals surface area (Å²) in [5, 5.41) is 5.38. The average molecular weight is 342 g/mol. The van der Waals surface area contributed by atoms with Crippen LogP contribution in [-0.2, 0) is 16.0 Å². The van der Waals surface area contributed by atoms with E-state index in [1.54, 1.807) is 6.92 Å². The maximum absolute atomic E-state index is 12.1. The van der Waals surface area contributed by atoms with Gasteiger partial charge in [-0.1, -0.05) is 37.3 Å². The number of amides is 2. The van der Waals surface area contributed by atoms with Crippen LogP contribution in [0.3, 0.4) is 0 Å². The van der Waals surface area contributed by atoms with Crippen LogP contribution in [0.1, 0.15) is 19.4 Å². The molecule has 0 aliphatic heterocycles. The topological polar surface area (TPSA) is 58.2 Å². The van der Waals surface area contributed by atoms with Crippen LogP contribution < -0.4 is 10.6 Å². The summed E-state index contributed by atoms with van der Waals surface area (Å²) in [5.74, 6) is 0.0220. The van der Waals surface area contributed by atoms with Gasteiger partial charge in [-0.15, -0.1) is 11.8 Å². The molecule has 1 atom stereocenters. The summed E-state index contributed by atoms with van der Waals surface area (Å²) < 4.78 is 0. The highest BCUT2D eigenvalue weighted by molar-refractivity contribution is 8.01. The van der Waals surface area contributed by atoms with E-state index >= 15 is 0 Å². The molecule has 0 heterocycles. The lowest BCUT2D eigenvalue weighted by molar-refractivity contribution is -0.115. The van der Waals surface area contributed by atoms with Crippen molar-refractivity contribution < 1.29 is 9.59 Å². The summed E-state index contributed by atoms with van der Waals surface area (Å²) in [6.07, 6.45) is 0.970. The zero-order valence-electron chi connectivity index (χ0n) is 13.9. The third-order valence-electron chi connectivity index (χ3n) is 3.52. The number of carbonyl (C=O) groups excluding carboxylic acids is 2. The van der Waals surface area contributed by atoms with E-state index in [0.717, 1.165) is 17.8 Å². The maximum Gasteiger partial charge on any atom is 0.237 e. The minimum absolute atomic E-state index is 0.105. The highest BCUT2D eigenvalue weighted by Gasteiger charge is 2.15. The first kappa shape index (κ1) is 18.1. The van der Waals surface area contributed by atoms with Gasteiger partial charge in [0.25, 0.3) is 0 Å². The Kier molecular flexibility index (Phi) is 6.88. The van der Waals surface area contributed by atoms with Crippen LogP contribution in [0.4, 0.5) is 11.4 Å². The Bertz CT molecular complexity index is 672. The molecule has 126 valence electrons. The Morgan fingerprint density at radius 1 is 0.958 bits per heavy atom. The van der Waals surface area contributed by atoms with Gasteiger partial charge in [-0.3, -0.25) is 9.59 Å². The molecule has 2 rings (SSSR count). The summed E-state index contributed by atoms with van der Waals surface area (Å²) in [6, 6.07) is 17.1. The Morgan fingerprint density at radius 3 is 2.21 bits per heavy atom. The molecule has 5 heteroatoms. The SMILES string of the molecule is CCc1ccc(NC(=O)CS[C@H](C)C(=O)Nc2ccccc2)cc1. The maximum atomic E-state index is 12.1. The summed E-state index contributed by atoms with van der Waals surface area (Å²) in [5.41, 5.74) is 2.77. The van der Waals surface area contributed by atoms with E-state index in [4.69, 9.17) is 0 Å². The Labute approximate surface area is 147 Å². The van der Waals surface area contributed by atoms with Gasteiger partial charge in [-0.2, -0.15) is 0 Å². The van der Waals surface area contributed by atoms with Gasteiger partial charge in [0, 0.05) is 11.4 Å². The molecule has 0 aliphatic carbocycles. The lowest BCUT2D eigenvalue weighted by Crippen LogP contribution is -2.25. The molecule has 0 aromatic heterocycles. The van der Waals surface area contributed by atoms with Gasteiger partial charge in [-0.05, 0) is 43.2 Å². The quantitative estimate of drug-likeness (QED) is 0.801. The van der Waals surface area contributed by atoms with E-state index in [1.165, 1.54) is 17.3 Å². The minimum atomic E-state index is -0.307. The summed E-state index contributed by atoms with van der Waals surface area (Å²) >= 11 is 1.31. The second-order valence-corrected chi connectivity index (χ2v) is 6.74. The van der Waals surface area contributed by atoms with Crippen molar-refractivity contribution in [1.82, 2.24) is 0 Å². The molecule has 2 aromatic rings. The molecule has 0 unspecified atom stereocenters. The van der Waals surface area contributed by atoms with Crippen molar-refractivity contribution in [2.24, 2.45) is 0 Å². The largest absolute Gasteiger partial charge is 0.325 e. The Balaban J connectivity index is 1.76. The number of aryl methyl sites for hydroxylation is 1. The van der Waals surface area contributed by atoms with Gasteiger partial charge >= 0.3 is 0 Å². The molecule has 0 radical (unpaired) electrons. The van der Waals surface area contributed by atoms with Crippen LogP contribution >= 0.6 is 11.8 Å². The molecule has 2 N–H and O–H groups in total. The third kappa shape index (κ3) is 5.74. The van der Waals surface area contributed by atoms with Crippen LogP contribution in [-0.4, -0.2) is 22.8 Å². The predicted molar refractivity (Wildman–Crippen MR) is 101 cm³/mol. The lowest BCUT2D eigenvalue weighted by Gasteiger charge is -2.12. The number of hydrogen-bond acceptors (Lipinski definition) is 3. The first-order valence-corrected chi connectivity index (χ1v) is 8.99. The fourth-order valence-corrected chi connectivity index (χ4v) is 2.75. The number of thioether (sulfide) groups is 1. The molecular formula is C19H22N2O2S. The first-order valence-electron chi connectivity index (χ1n) is 7.94. The summed E-state index contributed by atoms with van der Waals surface area (Å²) in [6.45, 7) is 3.89. The van der Waals surface area contributed by atoms with E-state index in [0.29, 0.717) is 0 Å². The van der Waals surface area contributed by atoms with Crippen LogP contribution in [0.15, 0.2) is 54.6 Å². The van der Waals surface area contributed by atoms with E-state index in [9.17, 15) is 9.59 Å². The minimum Gasteiger partial charge on any atom is -0.325 e. The van der Waals surface area contributed by atoms with Crippen molar-refractivity contribution in [2.75, 3.05) is 16.4 Å². The second kappa shape index (κ2) is 9.13. The smallest absolute Gasteiger partial charge is 0.237 e. The van der Waals surface area contributed by atoms with Crippen molar-refractivity contribution in [1.29, 1.82) is 0 Å². The van der Waals surface area contributed by atoms with Gasteiger partial charge < -0.3 is 10.6 Å². The van der Waals surface area contributed by atoms with Crippen molar-refractivity contribution in [3.8, 4) is 0 Å². The van der Waals surface area contributed by atoms with Crippen LogP contribution in [0.2, 0.25) is 0 Å². The summed E-state index contributed by atoms with van der Waals surface area (Å²) in [4.78, 5) is 24.1. The number of anilines is 2. The van der Waals surface area contributed by atoms with Gasteiger partial charge in [0.2, 0.25) is 11.8 Å². The highest BCUT2D eigenvalue weighted by atomic mass is 32.2. The zero-order valence-corrected chi connectivity index (χ0v) is 14.7. The number of benzene rings is 2. The van der Waals surface area contributed by atoms with Crippen molar-refractivity contribution >= 4 is 35.0 Å². The van der Waals surface area contributed by atoms with Gasteiger partial charge in [-0.25, -0.2) is 0 Å². The third-order valence-corrected chi connectivity index (χ3v) is 4.66. The van der Waals surface area contributed by atoms with Gasteiger partial charge in [0.1, 0.15) is 0 Å². The lowest BCUT2D eigenvalue weighted by atomic mass is 10.1. The molecule has 4 nitrogen and oxygen atoms in total. The highest BCUT2D eigenvalue weighted by Crippen LogP contribution is 2.15. The molecule has 0 spiro atoms. The van der Waals surface area contributed by atoms with Crippen LogP contribution in [0.25, 0.3) is 0 Å². The van der Waals surface area contributed by atoms with E-state index in [1.807, 2.05) is 54.6 Å². The van der Waals surface area contributed by atoms with E-state index < -0.39 is 0 Å². The number of para-hydroxylation sites is 1.